The number of pyridine rings is 1. The van der Waals surface area contributed by atoms with E-state index in [9.17, 15) is 0 Å². The van der Waals surface area contributed by atoms with Gasteiger partial charge >= 0.3 is 0 Å². The summed E-state index contributed by atoms with van der Waals surface area (Å²) in [7, 11) is 0. The average molecular weight is 362 g/mol. The molecule has 4 heteroatoms. The fraction of sp³-hybridized carbons (Fsp3) is 0.0417. The highest BCUT2D eigenvalue weighted by atomic mass is 15.1. The van der Waals surface area contributed by atoms with Gasteiger partial charge in [-0.15, -0.1) is 0 Å². The lowest BCUT2D eigenvalue weighted by molar-refractivity contribution is 1.05. The Labute approximate surface area is 163 Å². The summed E-state index contributed by atoms with van der Waals surface area (Å²) in [5.41, 5.74) is 5.53. The molecule has 0 fully saturated rings. The summed E-state index contributed by atoms with van der Waals surface area (Å²) in [6.45, 7) is 2.14. The van der Waals surface area contributed by atoms with Gasteiger partial charge in [0.15, 0.2) is 0 Å². The minimum atomic E-state index is 0.607. The molecule has 134 valence electrons. The van der Waals surface area contributed by atoms with Gasteiger partial charge in [-0.2, -0.15) is 15.5 Å². The van der Waals surface area contributed by atoms with E-state index in [1.807, 2.05) is 34.9 Å². The maximum absolute atomic E-state index is 9.10. The Hall–Kier alpha value is -3.97. The standard InChI is InChI=1S/C13H12.C11H6N4/c1-11-7-5-6-10-13(11)12-8-3-2-4-9-12;12-5-11-9-7-14-13-6-8(9)10-3-1-2-4-15(10)11/h2-10H,1H3;1-4,6-7H. The number of aryl methyl sites for hydroxylation is 1. The monoisotopic (exact) mass is 362 g/mol. The Bertz CT molecular complexity index is 1230. The molecule has 0 amide bonds. The Morgan fingerprint density at radius 2 is 1.46 bits per heavy atom. The van der Waals surface area contributed by atoms with Crippen molar-refractivity contribution in [2.45, 2.75) is 6.92 Å². The van der Waals surface area contributed by atoms with Crippen molar-refractivity contribution in [2.24, 2.45) is 0 Å². The smallest absolute Gasteiger partial charge is 0.134 e. The Morgan fingerprint density at radius 3 is 2.21 bits per heavy atom. The molecule has 0 bridgehead atoms. The van der Waals surface area contributed by atoms with E-state index in [1.165, 1.54) is 16.7 Å². The predicted octanol–water partition coefficient (Wildman–Crippen LogP) is 5.42. The number of hydrogen-bond donors (Lipinski definition) is 0. The topological polar surface area (TPSA) is 54.0 Å². The molecule has 0 atom stereocenters. The summed E-state index contributed by atoms with van der Waals surface area (Å²) in [5, 5.41) is 18.6. The summed E-state index contributed by atoms with van der Waals surface area (Å²) in [6, 6.07) is 26.9. The van der Waals surface area contributed by atoms with E-state index >= 15 is 0 Å². The molecule has 0 saturated heterocycles. The van der Waals surface area contributed by atoms with E-state index in [0.717, 1.165) is 16.3 Å². The summed E-state index contributed by atoms with van der Waals surface area (Å²) in [5.74, 6) is 0. The van der Waals surface area contributed by atoms with Crippen molar-refractivity contribution in [1.29, 1.82) is 5.26 Å². The minimum Gasteiger partial charge on any atom is -0.307 e. The summed E-state index contributed by atoms with van der Waals surface area (Å²) >= 11 is 0. The van der Waals surface area contributed by atoms with Crippen molar-refractivity contribution in [3.8, 4) is 17.2 Å². The van der Waals surface area contributed by atoms with Gasteiger partial charge in [-0.1, -0.05) is 60.7 Å². The largest absolute Gasteiger partial charge is 0.307 e. The molecule has 0 aliphatic heterocycles. The minimum absolute atomic E-state index is 0.607. The van der Waals surface area contributed by atoms with Crippen LogP contribution in [-0.2, 0) is 0 Å². The Kier molecular flexibility index (Phi) is 4.81. The van der Waals surface area contributed by atoms with Crippen molar-refractivity contribution < 1.29 is 0 Å². The van der Waals surface area contributed by atoms with Crippen molar-refractivity contribution >= 4 is 16.3 Å². The molecule has 5 aromatic rings. The lowest BCUT2D eigenvalue weighted by atomic mass is 10.0. The zero-order chi connectivity index (χ0) is 19.3. The van der Waals surface area contributed by atoms with E-state index in [-0.39, 0.29) is 0 Å². The molecular weight excluding hydrogens is 344 g/mol. The molecule has 3 heterocycles. The van der Waals surface area contributed by atoms with Crippen LogP contribution in [0, 0.1) is 18.3 Å². The third-order valence-electron chi connectivity index (χ3n) is 4.70. The average Bonchev–Trinajstić information content (AvgIpc) is 3.09. The number of benzene rings is 2. The van der Waals surface area contributed by atoms with Gasteiger partial charge in [0, 0.05) is 17.0 Å². The highest BCUT2D eigenvalue weighted by molar-refractivity contribution is 5.99. The molecule has 28 heavy (non-hydrogen) atoms. The van der Waals surface area contributed by atoms with Crippen LogP contribution in [0.5, 0.6) is 0 Å². The molecule has 0 N–H and O–H groups in total. The van der Waals surface area contributed by atoms with Crippen LogP contribution in [0.15, 0.2) is 91.4 Å². The van der Waals surface area contributed by atoms with Crippen molar-refractivity contribution in [3.05, 3.63) is 103 Å². The van der Waals surface area contributed by atoms with Gasteiger partial charge in [-0.25, -0.2) is 0 Å². The predicted molar refractivity (Wildman–Crippen MR) is 112 cm³/mol. The van der Waals surface area contributed by atoms with Crippen LogP contribution >= 0.6 is 0 Å². The number of nitrogens with zero attached hydrogens (tertiary/aromatic N) is 4. The van der Waals surface area contributed by atoms with Gasteiger partial charge in [0.1, 0.15) is 11.8 Å². The second-order valence-electron chi connectivity index (χ2n) is 6.41. The number of hydrogen-bond acceptors (Lipinski definition) is 3. The molecule has 0 spiro atoms. The molecule has 3 aromatic heterocycles. The van der Waals surface area contributed by atoms with Crippen LogP contribution in [0.4, 0.5) is 0 Å². The van der Waals surface area contributed by atoms with Gasteiger partial charge in [0.2, 0.25) is 0 Å². The van der Waals surface area contributed by atoms with E-state index in [1.54, 1.807) is 12.4 Å². The van der Waals surface area contributed by atoms with Gasteiger partial charge in [-0.3, -0.25) is 0 Å². The second kappa shape index (κ2) is 7.73. The quantitative estimate of drug-likeness (QED) is 0.400. The molecule has 0 saturated carbocycles. The molecule has 0 radical (unpaired) electrons. The summed E-state index contributed by atoms with van der Waals surface area (Å²) in [4.78, 5) is 0. The van der Waals surface area contributed by atoms with E-state index < -0.39 is 0 Å². The second-order valence-corrected chi connectivity index (χ2v) is 6.41. The molecule has 4 nitrogen and oxygen atoms in total. The summed E-state index contributed by atoms with van der Waals surface area (Å²) in [6.07, 6.45) is 5.18. The first-order chi connectivity index (χ1) is 13.8. The molecule has 2 aromatic carbocycles. The highest BCUT2D eigenvalue weighted by Gasteiger charge is 2.10. The maximum Gasteiger partial charge on any atom is 0.134 e. The van der Waals surface area contributed by atoms with Gasteiger partial charge in [-0.05, 0) is 35.7 Å². The third kappa shape index (κ3) is 3.22. The summed E-state index contributed by atoms with van der Waals surface area (Å²) < 4.78 is 1.86. The third-order valence-corrected chi connectivity index (χ3v) is 4.70. The Morgan fingerprint density at radius 1 is 0.786 bits per heavy atom. The molecule has 0 unspecified atom stereocenters. The van der Waals surface area contributed by atoms with Gasteiger partial charge in [0.25, 0.3) is 0 Å². The first kappa shape index (κ1) is 17.4. The maximum atomic E-state index is 9.10. The van der Waals surface area contributed by atoms with E-state index in [4.69, 9.17) is 5.26 Å². The van der Waals surface area contributed by atoms with Crippen LogP contribution in [0.2, 0.25) is 0 Å². The first-order valence-electron chi connectivity index (χ1n) is 9.00. The van der Waals surface area contributed by atoms with Crippen LogP contribution < -0.4 is 0 Å². The first-order valence-corrected chi connectivity index (χ1v) is 9.00. The van der Waals surface area contributed by atoms with Crippen LogP contribution in [0.1, 0.15) is 11.3 Å². The number of rotatable bonds is 1. The van der Waals surface area contributed by atoms with Crippen LogP contribution in [0.25, 0.3) is 27.4 Å². The fourth-order valence-corrected chi connectivity index (χ4v) is 3.33. The molecule has 0 aliphatic rings. The van der Waals surface area contributed by atoms with E-state index in [2.05, 4.69) is 71.7 Å². The van der Waals surface area contributed by atoms with Crippen molar-refractivity contribution in [1.82, 2.24) is 14.6 Å². The zero-order valence-corrected chi connectivity index (χ0v) is 15.4. The lowest BCUT2D eigenvalue weighted by Crippen LogP contribution is -1.85. The number of aromatic nitrogens is 3. The van der Waals surface area contributed by atoms with Crippen LogP contribution in [-0.4, -0.2) is 14.6 Å². The van der Waals surface area contributed by atoms with Crippen LogP contribution in [0.3, 0.4) is 0 Å². The van der Waals surface area contributed by atoms with Gasteiger partial charge in [0.05, 0.1) is 17.9 Å². The fourth-order valence-electron chi connectivity index (χ4n) is 3.33. The molecule has 0 aliphatic carbocycles. The number of nitriles is 1. The van der Waals surface area contributed by atoms with Crippen molar-refractivity contribution in [3.63, 3.8) is 0 Å². The normalized spacial score (nSPS) is 10.3. The Balaban J connectivity index is 0.000000139. The zero-order valence-electron chi connectivity index (χ0n) is 15.4. The van der Waals surface area contributed by atoms with E-state index in [0.29, 0.717) is 5.69 Å². The lowest BCUT2D eigenvalue weighted by Gasteiger charge is -2.04. The van der Waals surface area contributed by atoms with Gasteiger partial charge < -0.3 is 4.40 Å². The highest BCUT2D eigenvalue weighted by Crippen LogP contribution is 2.24. The SMILES string of the molecule is Cc1ccccc1-c1ccccc1.N#Cc1c2cnncc2c2ccccn12. The molecular formula is C24H18N4. The van der Waals surface area contributed by atoms with Crippen molar-refractivity contribution in [2.75, 3.05) is 0 Å². The molecule has 5 rings (SSSR count). The number of fused-ring (bicyclic) bond motifs is 3.